The molecule has 0 saturated heterocycles. The number of hydrogen-bond acceptors (Lipinski definition) is 5. The van der Waals surface area contributed by atoms with Crippen LogP contribution in [0.15, 0.2) is 71.1 Å². The first kappa shape index (κ1) is 29.8. The number of rotatable bonds is 11. The van der Waals surface area contributed by atoms with Crippen LogP contribution in [0.1, 0.15) is 57.0 Å². The number of halogens is 1. The number of amidine groups is 1. The summed E-state index contributed by atoms with van der Waals surface area (Å²) in [5.41, 5.74) is 8.23. The Labute approximate surface area is 234 Å². The standard InChI is InChI=1S/C30H41IN4O3/c1-7-31(6)25-16-14-24(15-17-25)29(36)34(19-11-18-32)26(21(2)3)28-33-38-27(22(4)5)30(37)35(28)20-23-12-9-8-10-13-23/h8-10,12-17,21,26H,7,11,18-20,32H2,1-6H3. The van der Waals surface area contributed by atoms with Gasteiger partial charge in [0.2, 0.25) is 0 Å². The molecule has 2 amide bonds. The Balaban J connectivity index is 2.05. The van der Waals surface area contributed by atoms with Crippen molar-refractivity contribution < 1.29 is 14.4 Å². The Morgan fingerprint density at radius 2 is 1.76 bits per heavy atom. The number of alkyl halides is 2. The van der Waals surface area contributed by atoms with Crippen molar-refractivity contribution in [2.45, 2.75) is 53.6 Å². The third-order valence-corrected chi connectivity index (χ3v) is 11.7. The number of oxime groups is 1. The first-order valence-corrected chi connectivity index (χ1v) is 17.9. The summed E-state index contributed by atoms with van der Waals surface area (Å²) in [6, 6.07) is 17.4. The zero-order valence-electron chi connectivity index (χ0n) is 23.4. The van der Waals surface area contributed by atoms with Crippen molar-refractivity contribution in [1.29, 1.82) is 0 Å². The van der Waals surface area contributed by atoms with Crippen LogP contribution < -0.4 is 5.73 Å². The molecule has 1 unspecified atom stereocenters. The molecule has 0 saturated carbocycles. The molecular formula is C30H41IN4O3. The van der Waals surface area contributed by atoms with Gasteiger partial charge in [0, 0.05) is 0 Å². The second-order valence-corrected chi connectivity index (χ2v) is 16.1. The van der Waals surface area contributed by atoms with E-state index in [1.54, 1.807) is 4.90 Å². The van der Waals surface area contributed by atoms with E-state index in [0.717, 1.165) is 11.1 Å². The monoisotopic (exact) mass is 632 g/mol. The number of amides is 2. The molecule has 2 aromatic rings. The molecule has 1 aliphatic rings. The predicted octanol–water partition coefficient (Wildman–Crippen LogP) is 5.49. The van der Waals surface area contributed by atoms with E-state index in [1.807, 2.05) is 75.1 Å². The number of hydrogen-bond donors (Lipinski definition) is 1. The molecule has 0 bridgehead atoms. The van der Waals surface area contributed by atoms with Gasteiger partial charge < -0.3 is 0 Å². The van der Waals surface area contributed by atoms with Gasteiger partial charge in [-0.05, 0) is 13.8 Å². The average molecular weight is 633 g/mol. The summed E-state index contributed by atoms with van der Waals surface area (Å²) < 4.78 is 2.55. The normalized spacial score (nSPS) is 14.7. The van der Waals surface area contributed by atoms with Crippen molar-refractivity contribution in [2.24, 2.45) is 16.8 Å². The Hall–Kier alpha value is -2.72. The van der Waals surface area contributed by atoms with Crippen LogP contribution in [0.3, 0.4) is 0 Å². The number of carbonyl (C=O) groups is 2. The summed E-state index contributed by atoms with van der Waals surface area (Å²) in [5.74, 6) is 0.274. The number of benzene rings is 2. The van der Waals surface area contributed by atoms with Crippen LogP contribution in [0.25, 0.3) is 0 Å². The van der Waals surface area contributed by atoms with E-state index in [9.17, 15) is 9.59 Å². The van der Waals surface area contributed by atoms with E-state index < -0.39 is 25.9 Å². The molecule has 7 nitrogen and oxygen atoms in total. The molecule has 0 spiro atoms. The molecule has 1 aliphatic heterocycles. The van der Waals surface area contributed by atoms with Crippen molar-refractivity contribution in [2.75, 3.05) is 22.4 Å². The van der Waals surface area contributed by atoms with E-state index in [1.165, 1.54) is 8.00 Å². The molecule has 2 aromatic carbocycles. The van der Waals surface area contributed by atoms with Crippen molar-refractivity contribution in [3.05, 3.63) is 80.6 Å². The quantitative estimate of drug-likeness (QED) is 0.202. The van der Waals surface area contributed by atoms with Crippen LogP contribution in [-0.4, -0.2) is 55.9 Å². The van der Waals surface area contributed by atoms with Crippen LogP contribution in [0, 0.1) is 9.49 Å². The van der Waals surface area contributed by atoms with E-state index in [-0.39, 0.29) is 23.5 Å². The summed E-state index contributed by atoms with van der Waals surface area (Å²) >= 11 is -1.16. The summed E-state index contributed by atoms with van der Waals surface area (Å²) in [6.45, 7) is 11.2. The Bertz CT molecular complexity index is 1160. The summed E-state index contributed by atoms with van der Waals surface area (Å²) in [6.07, 6.45) is 0.633. The van der Waals surface area contributed by atoms with E-state index >= 15 is 0 Å². The molecule has 1 heterocycles. The molecule has 0 aliphatic carbocycles. The number of nitrogens with two attached hydrogens (primary N) is 1. The first-order valence-electron chi connectivity index (χ1n) is 13.1. The topological polar surface area (TPSA) is 88.2 Å². The predicted molar refractivity (Wildman–Crippen MR) is 163 cm³/mol. The summed E-state index contributed by atoms with van der Waals surface area (Å²) in [7, 11) is 0. The minimum absolute atomic E-state index is 0.0360. The maximum atomic E-state index is 14.0. The SMILES string of the molecule is CCI(C)c1ccc(C(=O)N(CCCN)C(C2=NOC(=C(C)C)C(=O)N2Cc2ccccc2)C(C)C)cc1. The Kier molecular flexibility index (Phi) is 10.9. The summed E-state index contributed by atoms with van der Waals surface area (Å²) in [4.78, 5) is 39.1. The minimum atomic E-state index is -1.16. The van der Waals surface area contributed by atoms with Gasteiger partial charge in [0.15, 0.2) is 0 Å². The van der Waals surface area contributed by atoms with Gasteiger partial charge >= 0.3 is 203 Å². The number of allylic oxidation sites excluding steroid dienone is 1. The van der Waals surface area contributed by atoms with Gasteiger partial charge in [-0.1, -0.05) is 18.2 Å². The average Bonchev–Trinajstić information content (AvgIpc) is 2.92. The molecule has 0 aromatic heterocycles. The van der Waals surface area contributed by atoms with Gasteiger partial charge in [0.25, 0.3) is 0 Å². The van der Waals surface area contributed by atoms with Crippen LogP contribution in [0.2, 0.25) is 0 Å². The molecule has 1 atom stereocenters. The van der Waals surface area contributed by atoms with Crippen LogP contribution in [0.4, 0.5) is 0 Å². The van der Waals surface area contributed by atoms with Crippen LogP contribution >= 0.6 is 19.8 Å². The number of nitrogens with zero attached hydrogens (tertiary/aromatic N) is 3. The van der Waals surface area contributed by atoms with Crippen LogP contribution in [0.5, 0.6) is 0 Å². The van der Waals surface area contributed by atoms with Gasteiger partial charge in [-0.15, -0.1) is 0 Å². The molecule has 206 valence electrons. The molecule has 3 rings (SSSR count). The summed E-state index contributed by atoms with van der Waals surface area (Å²) in [5, 5.41) is 4.48. The van der Waals surface area contributed by atoms with Crippen molar-refractivity contribution >= 4 is 37.5 Å². The molecule has 0 fully saturated rings. The fourth-order valence-corrected chi connectivity index (χ4v) is 6.87. The van der Waals surface area contributed by atoms with Crippen molar-refractivity contribution in [3.63, 3.8) is 0 Å². The van der Waals surface area contributed by atoms with Gasteiger partial charge in [-0.2, -0.15) is 0 Å². The van der Waals surface area contributed by atoms with Crippen molar-refractivity contribution in [3.8, 4) is 0 Å². The number of carbonyl (C=O) groups excluding carboxylic acids is 2. The first-order chi connectivity index (χ1) is 18.2. The Morgan fingerprint density at radius 3 is 2.32 bits per heavy atom. The van der Waals surface area contributed by atoms with Gasteiger partial charge in [-0.25, -0.2) is 0 Å². The second-order valence-electron chi connectivity index (χ2n) is 9.94. The van der Waals surface area contributed by atoms with Gasteiger partial charge in [0.1, 0.15) is 0 Å². The maximum absolute atomic E-state index is 14.0. The fourth-order valence-electron chi connectivity index (χ4n) is 4.40. The zero-order chi connectivity index (χ0) is 27.8. The third kappa shape index (κ3) is 7.02. The Morgan fingerprint density at radius 1 is 1.11 bits per heavy atom. The molecule has 2 N–H and O–H groups in total. The third-order valence-electron chi connectivity index (χ3n) is 6.54. The molecular weight excluding hydrogens is 591 g/mol. The van der Waals surface area contributed by atoms with Gasteiger partial charge in [-0.3, -0.25) is 0 Å². The van der Waals surface area contributed by atoms with E-state index in [0.29, 0.717) is 37.5 Å². The molecule has 38 heavy (non-hydrogen) atoms. The van der Waals surface area contributed by atoms with Crippen molar-refractivity contribution in [1.82, 2.24) is 9.80 Å². The fraction of sp³-hybridized carbons (Fsp3) is 0.433. The van der Waals surface area contributed by atoms with Crippen LogP contribution in [-0.2, 0) is 16.2 Å². The van der Waals surface area contributed by atoms with Gasteiger partial charge in [0.05, 0.1) is 0 Å². The molecule has 0 radical (unpaired) electrons. The second kappa shape index (κ2) is 13.9. The van der Waals surface area contributed by atoms with E-state index in [4.69, 9.17) is 10.6 Å². The zero-order valence-corrected chi connectivity index (χ0v) is 25.6. The van der Waals surface area contributed by atoms with E-state index in [2.05, 4.69) is 29.1 Å². The molecule has 8 heteroatoms.